The topological polar surface area (TPSA) is 38.4 Å². The van der Waals surface area contributed by atoms with Gasteiger partial charge >= 0.3 is 0 Å². The number of hydrogen-bond donors (Lipinski definition) is 1. The molecule has 122 valence electrons. The van der Waals surface area contributed by atoms with E-state index in [0.717, 1.165) is 45.1 Å². The van der Waals surface area contributed by atoms with E-state index < -0.39 is 0 Å². The van der Waals surface area contributed by atoms with E-state index in [1.807, 2.05) is 31.2 Å². The highest BCUT2D eigenvalue weighted by molar-refractivity contribution is 6.31. The van der Waals surface area contributed by atoms with E-state index in [0.29, 0.717) is 0 Å². The molecule has 0 heterocycles. The lowest BCUT2D eigenvalue weighted by Crippen LogP contribution is -2.20. The minimum absolute atomic E-state index is 0.128. The van der Waals surface area contributed by atoms with Crippen LogP contribution in [0.2, 0.25) is 5.02 Å². The zero-order chi connectivity index (χ0) is 17.2. The summed E-state index contributed by atoms with van der Waals surface area (Å²) in [6.45, 7) is 10.6. The summed E-state index contributed by atoms with van der Waals surface area (Å²) in [5.41, 5.74) is 11.9. The van der Waals surface area contributed by atoms with E-state index in [9.17, 15) is 0 Å². The molecule has 0 aliphatic heterocycles. The molecular weight excluding hydrogens is 304 g/mol. The fourth-order valence-electron chi connectivity index (χ4n) is 2.41. The fraction of sp³-hybridized carbons (Fsp3) is 0.350. The van der Waals surface area contributed by atoms with Crippen LogP contribution in [0.15, 0.2) is 41.4 Å². The molecule has 0 aliphatic rings. The molecular formula is C20H25ClN2. The fourth-order valence-corrected chi connectivity index (χ4v) is 2.52. The van der Waals surface area contributed by atoms with Gasteiger partial charge in [-0.2, -0.15) is 0 Å². The minimum atomic E-state index is -0.128. The molecule has 2 rings (SSSR count). The first kappa shape index (κ1) is 17.6. The van der Waals surface area contributed by atoms with Crippen molar-refractivity contribution in [3.8, 4) is 0 Å². The second-order valence-electron chi connectivity index (χ2n) is 6.66. The van der Waals surface area contributed by atoms with Crippen LogP contribution in [0.5, 0.6) is 0 Å². The molecule has 2 nitrogen and oxygen atoms in total. The number of aryl methyl sites for hydroxylation is 2. The molecule has 0 unspecified atom stereocenters. The van der Waals surface area contributed by atoms with Gasteiger partial charge in [0.1, 0.15) is 0 Å². The van der Waals surface area contributed by atoms with Gasteiger partial charge in [-0.05, 0) is 69.5 Å². The zero-order valence-electron chi connectivity index (χ0n) is 14.6. The summed E-state index contributed by atoms with van der Waals surface area (Å²) in [6.07, 6.45) is 0.969. The number of aliphatic imine (C=N–C) groups is 1. The van der Waals surface area contributed by atoms with Crippen molar-refractivity contribution in [2.24, 2.45) is 4.99 Å². The number of halogens is 1. The number of nitrogens with zero attached hydrogens (tertiary/aromatic N) is 1. The Hall–Kier alpha value is -1.80. The molecule has 0 aromatic heterocycles. The van der Waals surface area contributed by atoms with E-state index in [2.05, 4.69) is 39.8 Å². The summed E-state index contributed by atoms with van der Waals surface area (Å²) >= 11 is 6.19. The molecule has 0 radical (unpaired) electrons. The molecule has 0 saturated heterocycles. The number of benzene rings is 2. The third-order valence-corrected chi connectivity index (χ3v) is 4.64. The van der Waals surface area contributed by atoms with Crippen LogP contribution in [0.25, 0.3) is 0 Å². The lowest BCUT2D eigenvalue weighted by molar-refractivity contribution is 0.505. The van der Waals surface area contributed by atoms with Gasteiger partial charge in [-0.1, -0.05) is 30.7 Å². The van der Waals surface area contributed by atoms with Crippen molar-refractivity contribution in [3.63, 3.8) is 0 Å². The Kier molecular flexibility index (Phi) is 5.16. The summed E-state index contributed by atoms with van der Waals surface area (Å²) in [5.74, 6) is 0. The molecule has 2 N–H and O–H groups in total. The third kappa shape index (κ3) is 4.14. The summed E-state index contributed by atoms with van der Waals surface area (Å²) in [4.78, 5) is 5.06. The summed E-state index contributed by atoms with van der Waals surface area (Å²) in [5, 5.41) is 0.775. The van der Waals surface area contributed by atoms with Gasteiger partial charge in [-0.3, -0.25) is 4.99 Å². The van der Waals surface area contributed by atoms with Crippen LogP contribution in [0.1, 0.15) is 49.4 Å². The van der Waals surface area contributed by atoms with Crippen LogP contribution in [-0.2, 0) is 0 Å². The maximum absolute atomic E-state index is 6.19. The maximum atomic E-state index is 6.19. The first-order valence-corrected chi connectivity index (χ1v) is 8.34. The second-order valence-corrected chi connectivity index (χ2v) is 7.07. The van der Waals surface area contributed by atoms with Gasteiger partial charge < -0.3 is 5.73 Å². The standard InChI is InChI=1S/C20H25ClN2/c1-6-20(4,5)23-19(15-7-10-18(21)14(3)11-15)17-9-8-16(22)12-13(17)2/h7-12H,6,22H2,1-5H3/b23-19-. The number of hydrogen-bond acceptors (Lipinski definition) is 2. The van der Waals surface area contributed by atoms with E-state index in [1.54, 1.807) is 0 Å². The molecule has 0 spiro atoms. The molecule has 0 amide bonds. The smallest absolute Gasteiger partial charge is 0.0728 e. The summed E-state index contributed by atoms with van der Waals surface area (Å²) < 4.78 is 0. The number of anilines is 1. The first-order valence-electron chi connectivity index (χ1n) is 7.96. The van der Waals surface area contributed by atoms with Gasteiger partial charge in [0.25, 0.3) is 0 Å². The van der Waals surface area contributed by atoms with Crippen LogP contribution in [0.4, 0.5) is 5.69 Å². The van der Waals surface area contributed by atoms with Gasteiger partial charge in [0.15, 0.2) is 0 Å². The normalized spacial score (nSPS) is 12.5. The average molecular weight is 329 g/mol. The minimum Gasteiger partial charge on any atom is -0.399 e. The van der Waals surface area contributed by atoms with Crippen molar-refractivity contribution in [1.82, 2.24) is 0 Å². The summed E-state index contributed by atoms with van der Waals surface area (Å²) in [6, 6.07) is 12.1. The van der Waals surface area contributed by atoms with Gasteiger partial charge in [-0.25, -0.2) is 0 Å². The molecule has 0 aliphatic carbocycles. The van der Waals surface area contributed by atoms with Crippen LogP contribution >= 0.6 is 11.6 Å². The molecule has 0 saturated carbocycles. The molecule has 3 heteroatoms. The third-order valence-electron chi connectivity index (χ3n) is 4.22. The Bertz CT molecular complexity index is 745. The lowest BCUT2D eigenvalue weighted by Gasteiger charge is -2.21. The molecule has 23 heavy (non-hydrogen) atoms. The maximum Gasteiger partial charge on any atom is 0.0728 e. The van der Waals surface area contributed by atoms with Crippen molar-refractivity contribution < 1.29 is 0 Å². The molecule has 0 fully saturated rings. The van der Waals surface area contributed by atoms with E-state index in [1.165, 1.54) is 0 Å². The Labute approximate surface area is 144 Å². The number of nitrogens with two attached hydrogens (primary N) is 1. The Morgan fingerprint density at radius 3 is 2.35 bits per heavy atom. The Balaban J connectivity index is 2.67. The Morgan fingerprint density at radius 2 is 1.78 bits per heavy atom. The second kappa shape index (κ2) is 6.76. The van der Waals surface area contributed by atoms with Crippen molar-refractivity contribution >= 4 is 23.0 Å². The highest BCUT2D eigenvalue weighted by Crippen LogP contribution is 2.25. The summed E-state index contributed by atoms with van der Waals surface area (Å²) in [7, 11) is 0. The predicted molar refractivity (Wildman–Crippen MR) is 102 cm³/mol. The van der Waals surface area contributed by atoms with Crippen molar-refractivity contribution in [2.45, 2.75) is 46.6 Å². The molecule has 0 bridgehead atoms. The van der Waals surface area contributed by atoms with E-state index >= 15 is 0 Å². The zero-order valence-corrected chi connectivity index (χ0v) is 15.3. The molecule has 2 aromatic carbocycles. The van der Waals surface area contributed by atoms with Crippen LogP contribution < -0.4 is 5.73 Å². The highest BCUT2D eigenvalue weighted by Gasteiger charge is 2.18. The van der Waals surface area contributed by atoms with Gasteiger partial charge in [0.2, 0.25) is 0 Å². The van der Waals surface area contributed by atoms with Gasteiger partial charge in [-0.15, -0.1) is 0 Å². The van der Waals surface area contributed by atoms with Crippen molar-refractivity contribution in [1.29, 1.82) is 0 Å². The predicted octanol–water partition coefficient (Wildman–Crippen LogP) is 5.57. The number of rotatable bonds is 4. The van der Waals surface area contributed by atoms with Crippen molar-refractivity contribution in [2.75, 3.05) is 5.73 Å². The Morgan fingerprint density at radius 1 is 1.09 bits per heavy atom. The highest BCUT2D eigenvalue weighted by atomic mass is 35.5. The van der Waals surface area contributed by atoms with E-state index in [4.69, 9.17) is 22.3 Å². The molecule has 2 aromatic rings. The lowest BCUT2D eigenvalue weighted by atomic mass is 9.94. The molecule has 0 atom stereocenters. The first-order chi connectivity index (χ1) is 10.7. The van der Waals surface area contributed by atoms with Gasteiger partial charge in [0, 0.05) is 21.8 Å². The average Bonchev–Trinajstić information content (AvgIpc) is 2.48. The van der Waals surface area contributed by atoms with Crippen LogP contribution in [0, 0.1) is 13.8 Å². The van der Waals surface area contributed by atoms with Gasteiger partial charge in [0.05, 0.1) is 11.3 Å². The monoisotopic (exact) mass is 328 g/mol. The largest absolute Gasteiger partial charge is 0.399 e. The van der Waals surface area contributed by atoms with Crippen molar-refractivity contribution in [3.05, 3.63) is 63.7 Å². The SMILES string of the molecule is CCC(C)(C)/N=C(/c1ccc(Cl)c(C)c1)c1ccc(N)cc1C. The van der Waals surface area contributed by atoms with Crippen LogP contribution in [0.3, 0.4) is 0 Å². The number of nitrogen functional groups attached to an aromatic ring is 1. The van der Waals surface area contributed by atoms with Crippen LogP contribution in [-0.4, -0.2) is 11.3 Å². The van der Waals surface area contributed by atoms with E-state index in [-0.39, 0.29) is 5.54 Å². The quantitative estimate of drug-likeness (QED) is 0.578.